The molecule has 3 nitrogen and oxygen atoms in total. The number of ether oxygens (including phenoxy) is 1. The van der Waals surface area contributed by atoms with Crippen molar-refractivity contribution < 1.29 is 9.84 Å². The second kappa shape index (κ2) is 5.58. The van der Waals surface area contributed by atoms with Crippen LogP contribution in [0.5, 0.6) is 5.75 Å². The summed E-state index contributed by atoms with van der Waals surface area (Å²) in [5, 5.41) is 14.2. The van der Waals surface area contributed by atoms with Crippen molar-refractivity contribution >= 4 is 17.3 Å². The molecule has 4 heteroatoms. The third-order valence-electron chi connectivity index (χ3n) is 4.13. The molecule has 1 atom stereocenters. The molecule has 21 heavy (non-hydrogen) atoms. The quantitative estimate of drug-likeness (QED) is 0.907. The largest absolute Gasteiger partial charge is 0.497 e. The number of aryl methyl sites for hydroxylation is 1. The fourth-order valence-electron chi connectivity index (χ4n) is 3.00. The molecular weight excluding hydrogens is 286 g/mol. The van der Waals surface area contributed by atoms with E-state index in [0.29, 0.717) is 5.02 Å². The molecule has 1 unspecified atom stereocenters. The molecule has 0 aromatic heterocycles. The van der Waals surface area contributed by atoms with Crippen molar-refractivity contribution in [3.05, 3.63) is 58.6 Å². The van der Waals surface area contributed by atoms with Gasteiger partial charge in [-0.2, -0.15) is 0 Å². The highest BCUT2D eigenvalue weighted by atomic mass is 35.5. The zero-order valence-electron chi connectivity index (χ0n) is 11.9. The van der Waals surface area contributed by atoms with Crippen molar-refractivity contribution in [3.63, 3.8) is 0 Å². The fraction of sp³-hybridized carbons (Fsp3) is 0.294. The van der Waals surface area contributed by atoms with E-state index in [4.69, 9.17) is 16.3 Å². The number of aliphatic hydroxyl groups excluding tert-OH is 1. The molecule has 2 aromatic rings. The second-order valence-electron chi connectivity index (χ2n) is 5.40. The van der Waals surface area contributed by atoms with Crippen LogP contribution < -0.4 is 10.1 Å². The van der Waals surface area contributed by atoms with Gasteiger partial charge in [0, 0.05) is 10.7 Å². The molecule has 3 rings (SSSR count). The first-order valence-corrected chi connectivity index (χ1v) is 7.37. The van der Waals surface area contributed by atoms with Crippen molar-refractivity contribution in [2.24, 2.45) is 0 Å². The van der Waals surface area contributed by atoms with Gasteiger partial charge < -0.3 is 15.2 Å². The lowest BCUT2D eigenvalue weighted by Gasteiger charge is -2.31. The minimum atomic E-state index is -0.478. The number of hydrogen-bond acceptors (Lipinski definition) is 3. The number of methoxy groups -OCH3 is 1. The molecule has 0 saturated carbocycles. The van der Waals surface area contributed by atoms with E-state index >= 15 is 0 Å². The van der Waals surface area contributed by atoms with E-state index in [2.05, 4.69) is 11.4 Å². The lowest BCUT2D eigenvalue weighted by Crippen LogP contribution is -2.36. The maximum absolute atomic E-state index is 10.0. The van der Waals surface area contributed by atoms with Crippen LogP contribution in [0, 0.1) is 0 Å². The van der Waals surface area contributed by atoms with Crippen LogP contribution >= 0.6 is 11.6 Å². The maximum atomic E-state index is 10.0. The monoisotopic (exact) mass is 303 g/mol. The van der Waals surface area contributed by atoms with Crippen LogP contribution in [0.1, 0.15) is 17.5 Å². The van der Waals surface area contributed by atoms with Gasteiger partial charge in [-0.25, -0.2) is 0 Å². The third-order valence-corrected chi connectivity index (χ3v) is 4.37. The Bertz CT molecular complexity index is 659. The number of halogens is 1. The van der Waals surface area contributed by atoms with Crippen molar-refractivity contribution in [2.45, 2.75) is 18.4 Å². The normalized spacial score (nSPS) is 20.1. The molecule has 0 amide bonds. The van der Waals surface area contributed by atoms with Crippen LogP contribution in [0.4, 0.5) is 5.69 Å². The molecule has 0 spiro atoms. The van der Waals surface area contributed by atoms with E-state index in [0.717, 1.165) is 29.8 Å². The van der Waals surface area contributed by atoms with Gasteiger partial charge in [-0.05, 0) is 54.3 Å². The van der Waals surface area contributed by atoms with Crippen LogP contribution in [0.15, 0.2) is 42.5 Å². The van der Waals surface area contributed by atoms with Crippen molar-refractivity contribution in [3.8, 4) is 5.75 Å². The van der Waals surface area contributed by atoms with Gasteiger partial charge in [-0.15, -0.1) is 0 Å². The Morgan fingerprint density at radius 1 is 1.29 bits per heavy atom. The number of benzene rings is 2. The standard InChI is InChI=1S/C17H18ClNO2/c1-21-15-6-5-12-7-8-17(11-20,16(12)10-15)19-14-4-2-3-13(18)9-14/h2-6,9-10,19-20H,7-8,11H2,1H3. The molecule has 0 radical (unpaired) electrons. The van der Waals surface area contributed by atoms with Crippen LogP contribution in [0.3, 0.4) is 0 Å². The first-order chi connectivity index (χ1) is 10.2. The topological polar surface area (TPSA) is 41.5 Å². The molecular formula is C17H18ClNO2. The summed E-state index contributed by atoms with van der Waals surface area (Å²) in [6, 6.07) is 13.6. The van der Waals surface area contributed by atoms with Gasteiger partial charge in [0.05, 0.1) is 19.3 Å². The summed E-state index contributed by atoms with van der Waals surface area (Å²) in [6.07, 6.45) is 1.78. The smallest absolute Gasteiger partial charge is 0.119 e. The van der Waals surface area contributed by atoms with E-state index in [1.165, 1.54) is 5.56 Å². The van der Waals surface area contributed by atoms with E-state index in [9.17, 15) is 5.11 Å². The zero-order chi connectivity index (χ0) is 14.9. The average Bonchev–Trinajstić information content (AvgIpc) is 2.86. The highest BCUT2D eigenvalue weighted by Gasteiger charge is 2.38. The number of nitrogens with one attached hydrogen (secondary N) is 1. The molecule has 0 aliphatic heterocycles. The second-order valence-corrected chi connectivity index (χ2v) is 5.84. The highest BCUT2D eigenvalue weighted by molar-refractivity contribution is 6.30. The highest BCUT2D eigenvalue weighted by Crippen LogP contribution is 2.41. The molecule has 0 fully saturated rings. The Kier molecular flexibility index (Phi) is 3.79. The summed E-state index contributed by atoms with van der Waals surface area (Å²) in [4.78, 5) is 0. The van der Waals surface area contributed by atoms with Crippen molar-refractivity contribution in [2.75, 3.05) is 19.0 Å². The molecule has 2 N–H and O–H groups in total. The molecule has 0 saturated heterocycles. The molecule has 0 heterocycles. The van der Waals surface area contributed by atoms with Crippen LogP contribution in [0.2, 0.25) is 5.02 Å². The van der Waals surface area contributed by atoms with E-state index in [1.807, 2.05) is 36.4 Å². The Morgan fingerprint density at radius 2 is 2.14 bits per heavy atom. The fourth-order valence-corrected chi connectivity index (χ4v) is 3.20. The summed E-state index contributed by atoms with van der Waals surface area (Å²) >= 11 is 6.04. The Balaban J connectivity index is 2.00. The van der Waals surface area contributed by atoms with Gasteiger partial charge in [0.1, 0.15) is 5.75 Å². The van der Waals surface area contributed by atoms with Crippen LogP contribution in [0.25, 0.3) is 0 Å². The summed E-state index contributed by atoms with van der Waals surface area (Å²) in [7, 11) is 1.65. The van der Waals surface area contributed by atoms with E-state index < -0.39 is 5.54 Å². The zero-order valence-corrected chi connectivity index (χ0v) is 12.7. The molecule has 1 aliphatic carbocycles. The summed E-state index contributed by atoms with van der Waals surface area (Å²) in [5.41, 5.74) is 2.78. The van der Waals surface area contributed by atoms with E-state index in [1.54, 1.807) is 7.11 Å². The van der Waals surface area contributed by atoms with E-state index in [-0.39, 0.29) is 6.61 Å². The molecule has 1 aliphatic rings. The number of aliphatic hydroxyl groups is 1. The van der Waals surface area contributed by atoms with Gasteiger partial charge in [-0.3, -0.25) is 0 Å². The Hall–Kier alpha value is -1.71. The van der Waals surface area contributed by atoms with Crippen molar-refractivity contribution in [1.29, 1.82) is 0 Å². The summed E-state index contributed by atoms with van der Waals surface area (Å²) < 4.78 is 5.32. The molecule has 2 aromatic carbocycles. The van der Waals surface area contributed by atoms with Gasteiger partial charge in [-0.1, -0.05) is 23.7 Å². The minimum absolute atomic E-state index is 0.0275. The predicted molar refractivity (Wildman–Crippen MR) is 85.2 cm³/mol. The summed E-state index contributed by atoms with van der Waals surface area (Å²) in [6.45, 7) is 0.0275. The van der Waals surface area contributed by atoms with Gasteiger partial charge in [0.25, 0.3) is 0 Å². The minimum Gasteiger partial charge on any atom is -0.497 e. The van der Waals surface area contributed by atoms with Gasteiger partial charge >= 0.3 is 0 Å². The molecule has 110 valence electrons. The first-order valence-electron chi connectivity index (χ1n) is 6.99. The average molecular weight is 304 g/mol. The number of rotatable bonds is 4. The van der Waals surface area contributed by atoms with Crippen molar-refractivity contribution in [1.82, 2.24) is 0 Å². The van der Waals surface area contributed by atoms with Crippen LogP contribution in [-0.4, -0.2) is 18.8 Å². The SMILES string of the molecule is COc1ccc2c(c1)C(CO)(Nc1cccc(Cl)c1)CC2. The van der Waals surface area contributed by atoms with Gasteiger partial charge in [0.15, 0.2) is 0 Å². The number of fused-ring (bicyclic) bond motifs is 1. The predicted octanol–water partition coefficient (Wildman–Crippen LogP) is 3.59. The number of hydrogen-bond donors (Lipinski definition) is 2. The first kappa shape index (κ1) is 14.2. The lowest BCUT2D eigenvalue weighted by molar-refractivity contribution is 0.211. The third kappa shape index (κ3) is 2.59. The van der Waals surface area contributed by atoms with Crippen LogP contribution in [-0.2, 0) is 12.0 Å². The Morgan fingerprint density at radius 3 is 2.86 bits per heavy atom. The number of anilines is 1. The Labute approximate surface area is 129 Å². The van der Waals surface area contributed by atoms with Gasteiger partial charge in [0.2, 0.25) is 0 Å². The lowest BCUT2D eigenvalue weighted by atomic mass is 9.92. The molecule has 0 bridgehead atoms. The summed E-state index contributed by atoms with van der Waals surface area (Å²) in [5.74, 6) is 0.807. The maximum Gasteiger partial charge on any atom is 0.119 e.